The summed E-state index contributed by atoms with van der Waals surface area (Å²) >= 11 is 12.1. The number of benzene rings is 2. The minimum atomic E-state index is 0.365. The van der Waals surface area contributed by atoms with Crippen molar-refractivity contribution in [2.75, 3.05) is 16.4 Å². The fraction of sp³-hybridized carbons (Fsp3) is 0. The Balaban J connectivity index is 1.67. The largest absolute Gasteiger partial charge is 0.393 e. The molecule has 2 aromatic heterocycles. The summed E-state index contributed by atoms with van der Waals surface area (Å²) in [7, 11) is 0. The number of nitrogens with zero attached hydrogens (tertiary/aromatic N) is 3. The highest BCUT2D eigenvalue weighted by atomic mass is 35.5. The molecule has 0 aliphatic heterocycles. The minimum absolute atomic E-state index is 0.365. The van der Waals surface area contributed by atoms with E-state index in [0.717, 1.165) is 16.6 Å². The number of nitrogens with one attached hydrogen (secondary N) is 2. The van der Waals surface area contributed by atoms with Gasteiger partial charge in [0.05, 0.1) is 16.2 Å². The summed E-state index contributed by atoms with van der Waals surface area (Å²) in [4.78, 5) is 12.8. The maximum Gasteiger partial charge on any atom is 0.159 e. The van der Waals surface area contributed by atoms with E-state index < -0.39 is 0 Å². The van der Waals surface area contributed by atoms with Crippen molar-refractivity contribution >= 4 is 62.8 Å². The maximum absolute atomic E-state index is 6.27. The van der Waals surface area contributed by atoms with Crippen molar-refractivity contribution in [3.05, 3.63) is 71.1 Å². The summed E-state index contributed by atoms with van der Waals surface area (Å²) in [5.41, 5.74) is 9.00. The Morgan fingerprint density at radius 3 is 2.37 bits per heavy atom. The van der Waals surface area contributed by atoms with Gasteiger partial charge in [0.15, 0.2) is 11.6 Å². The zero-order valence-electron chi connectivity index (χ0n) is 13.9. The molecule has 0 spiro atoms. The molecule has 4 N–H and O–H groups in total. The highest BCUT2D eigenvalue weighted by Crippen LogP contribution is 2.33. The first-order chi connectivity index (χ1) is 13.1. The van der Waals surface area contributed by atoms with Gasteiger partial charge in [-0.05, 0) is 42.5 Å². The Bertz CT molecular complexity index is 1130. The number of nitrogen functional groups attached to an aromatic ring is 1. The summed E-state index contributed by atoms with van der Waals surface area (Å²) in [6, 6.07) is 14.8. The summed E-state index contributed by atoms with van der Waals surface area (Å²) in [6.45, 7) is 0. The average Bonchev–Trinajstić information content (AvgIpc) is 2.67. The molecule has 27 heavy (non-hydrogen) atoms. The van der Waals surface area contributed by atoms with Crippen LogP contribution >= 0.6 is 23.2 Å². The number of hydrogen-bond acceptors (Lipinski definition) is 6. The molecule has 134 valence electrons. The highest BCUT2D eigenvalue weighted by Gasteiger charge is 2.11. The van der Waals surface area contributed by atoms with Crippen molar-refractivity contribution in [3.8, 4) is 0 Å². The van der Waals surface area contributed by atoms with E-state index >= 15 is 0 Å². The van der Waals surface area contributed by atoms with Gasteiger partial charge in [0.25, 0.3) is 0 Å². The first-order valence-corrected chi connectivity index (χ1v) is 8.81. The van der Waals surface area contributed by atoms with Crippen LogP contribution in [0.4, 0.5) is 28.7 Å². The monoisotopic (exact) mass is 396 g/mol. The second-order valence-electron chi connectivity index (χ2n) is 5.73. The number of pyridine rings is 1. The minimum Gasteiger partial charge on any atom is -0.393 e. The smallest absolute Gasteiger partial charge is 0.159 e. The molecular formula is C19H14Cl2N6. The quantitative estimate of drug-likeness (QED) is 0.427. The normalized spacial score (nSPS) is 10.7. The van der Waals surface area contributed by atoms with E-state index in [9.17, 15) is 0 Å². The molecular weight excluding hydrogens is 383 g/mol. The van der Waals surface area contributed by atoms with E-state index in [1.807, 2.05) is 30.3 Å². The molecule has 0 radical (unpaired) electrons. The van der Waals surface area contributed by atoms with Gasteiger partial charge in [-0.3, -0.25) is 4.98 Å². The van der Waals surface area contributed by atoms with Gasteiger partial charge in [0, 0.05) is 22.3 Å². The molecule has 0 aliphatic carbocycles. The number of fused-ring (bicyclic) bond motifs is 1. The highest BCUT2D eigenvalue weighted by molar-refractivity contribution is 6.36. The third-order valence-electron chi connectivity index (χ3n) is 3.97. The number of anilines is 5. The molecule has 4 aromatic rings. The predicted molar refractivity (Wildman–Crippen MR) is 111 cm³/mol. The fourth-order valence-electron chi connectivity index (χ4n) is 2.65. The van der Waals surface area contributed by atoms with Crippen LogP contribution in [0.5, 0.6) is 0 Å². The van der Waals surface area contributed by atoms with E-state index in [0.29, 0.717) is 33.1 Å². The SMILES string of the molecule is Nc1c(Nc2ccc(Cl)cc2Cl)ncnc1Nc1cccc2ncccc12. The lowest BCUT2D eigenvalue weighted by Gasteiger charge is -2.14. The van der Waals surface area contributed by atoms with Gasteiger partial charge in [-0.2, -0.15) is 0 Å². The first-order valence-electron chi connectivity index (χ1n) is 8.05. The lowest BCUT2D eigenvalue weighted by molar-refractivity contribution is 1.17. The van der Waals surface area contributed by atoms with Gasteiger partial charge in [0.1, 0.15) is 12.0 Å². The molecule has 4 rings (SSSR count). The van der Waals surface area contributed by atoms with Gasteiger partial charge >= 0.3 is 0 Å². The molecule has 0 amide bonds. The van der Waals surface area contributed by atoms with Gasteiger partial charge in [0.2, 0.25) is 0 Å². The van der Waals surface area contributed by atoms with Crippen LogP contribution in [0.2, 0.25) is 10.0 Å². The summed E-state index contributed by atoms with van der Waals surface area (Å²) in [5.74, 6) is 0.920. The van der Waals surface area contributed by atoms with Crippen molar-refractivity contribution in [2.24, 2.45) is 0 Å². The standard InChI is InChI=1S/C19H14Cl2N6/c20-11-6-7-16(13(21)9-11)27-19-17(22)18(24-10-25-19)26-15-5-1-4-14-12(15)3-2-8-23-14/h1-10H,22H2,(H2,24,25,26,27). The van der Waals surface area contributed by atoms with E-state index in [4.69, 9.17) is 28.9 Å². The second kappa shape index (κ2) is 7.26. The number of aromatic nitrogens is 3. The first kappa shape index (κ1) is 17.3. The molecule has 0 unspecified atom stereocenters. The van der Waals surface area contributed by atoms with Crippen molar-refractivity contribution in [3.63, 3.8) is 0 Å². The molecule has 8 heteroatoms. The molecule has 2 heterocycles. The summed E-state index contributed by atoms with van der Waals surface area (Å²) < 4.78 is 0. The van der Waals surface area contributed by atoms with Gasteiger partial charge < -0.3 is 16.4 Å². The Labute approximate surface area is 165 Å². The molecule has 0 aliphatic rings. The van der Waals surface area contributed by atoms with Crippen molar-refractivity contribution in [1.29, 1.82) is 0 Å². The van der Waals surface area contributed by atoms with Crippen LogP contribution in [0.1, 0.15) is 0 Å². The van der Waals surface area contributed by atoms with Crippen LogP contribution in [0.25, 0.3) is 10.9 Å². The maximum atomic E-state index is 6.27. The zero-order chi connectivity index (χ0) is 18.8. The second-order valence-corrected chi connectivity index (χ2v) is 6.58. The van der Waals surface area contributed by atoms with Crippen molar-refractivity contribution in [2.45, 2.75) is 0 Å². The van der Waals surface area contributed by atoms with Crippen LogP contribution in [0.3, 0.4) is 0 Å². The predicted octanol–water partition coefficient (Wildman–Crippen LogP) is 5.40. The fourth-order valence-corrected chi connectivity index (χ4v) is 3.11. The van der Waals surface area contributed by atoms with Gasteiger partial charge in [-0.1, -0.05) is 29.3 Å². The Hall–Kier alpha value is -3.09. The topological polar surface area (TPSA) is 88.8 Å². The summed E-state index contributed by atoms with van der Waals surface area (Å²) in [6.07, 6.45) is 3.18. The third kappa shape index (κ3) is 3.58. The molecule has 0 saturated heterocycles. The number of nitrogens with two attached hydrogens (primary N) is 1. The Kier molecular flexibility index (Phi) is 4.66. The number of hydrogen-bond donors (Lipinski definition) is 3. The number of halogens is 2. The van der Waals surface area contributed by atoms with E-state index in [2.05, 4.69) is 25.6 Å². The van der Waals surface area contributed by atoms with Crippen LogP contribution in [0.15, 0.2) is 61.1 Å². The number of rotatable bonds is 4. The molecule has 0 bridgehead atoms. The van der Waals surface area contributed by atoms with E-state index in [1.165, 1.54) is 6.33 Å². The van der Waals surface area contributed by atoms with Crippen LogP contribution in [0, 0.1) is 0 Å². The van der Waals surface area contributed by atoms with Crippen LogP contribution < -0.4 is 16.4 Å². The third-order valence-corrected chi connectivity index (χ3v) is 4.51. The molecule has 0 saturated carbocycles. The molecule has 0 atom stereocenters. The molecule has 6 nitrogen and oxygen atoms in total. The Morgan fingerprint density at radius 1 is 0.815 bits per heavy atom. The van der Waals surface area contributed by atoms with Crippen molar-refractivity contribution in [1.82, 2.24) is 15.0 Å². The average molecular weight is 397 g/mol. The zero-order valence-corrected chi connectivity index (χ0v) is 15.5. The lowest BCUT2D eigenvalue weighted by atomic mass is 10.2. The van der Waals surface area contributed by atoms with Crippen LogP contribution in [-0.2, 0) is 0 Å². The van der Waals surface area contributed by atoms with E-state index in [1.54, 1.807) is 24.4 Å². The summed E-state index contributed by atoms with van der Waals surface area (Å²) in [5, 5.41) is 8.35. The van der Waals surface area contributed by atoms with Crippen LogP contribution in [-0.4, -0.2) is 15.0 Å². The van der Waals surface area contributed by atoms with E-state index in [-0.39, 0.29) is 0 Å². The van der Waals surface area contributed by atoms with Gasteiger partial charge in [-0.25, -0.2) is 9.97 Å². The van der Waals surface area contributed by atoms with Crippen molar-refractivity contribution < 1.29 is 0 Å². The lowest BCUT2D eigenvalue weighted by Crippen LogP contribution is -2.05. The molecule has 0 fully saturated rings. The Morgan fingerprint density at radius 2 is 1.59 bits per heavy atom. The van der Waals surface area contributed by atoms with Gasteiger partial charge in [-0.15, -0.1) is 0 Å². The molecule has 2 aromatic carbocycles.